The number of aryl methyl sites for hydroxylation is 3. The molecule has 1 aliphatic heterocycles. The van der Waals surface area contributed by atoms with E-state index in [1.54, 1.807) is 6.07 Å². The highest BCUT2D eigenvalue weighted by Gasteiger charge is 2.34. The van der Waals surface area contributed by atoms with Crippen LogP contribution in [0.25, 0.3) is 17.1 Å². The Labute approximate surface area is 250 Å². The minimum absolute atomic E-state index is 0.199. The van der Waals surface area contributed by atoms with Crippen LogP contribution in [-0.4, -0.2) is 42.7 Å². The van der Waals surface area contributed by atoms with Gasteiger partial charge in [0.25, 0.3) is 5.82 Å². The summed E-state index contributed by atoms with van der Waals surface area (Å²) in [5.74, 6) is 1.01. The lowest BCUT2D eigenvalue weighted by molar-refractivity contribution is -0.670. The molecule has 8 nitrogen and oxygen atoms in total. The highest BCUT2D eigenvalue weighted by atomic mass is 32.2. The third kappa shape index (κ3) is 7.42. The highest BCUT2D eigenvalue weighted by molar-refractivity contribution is 7.85. The first-order chi connectivity index (χ1) is 20.3. The summed E-state index contributed by atoms with van der Waals surface area (Å²) in [5, 5.41) is 0. The van der Waals surface area contributed by atoms with E-state index in [0.29, 0.717) is 31.9 Å². The Bertz CT molecular complexity index is 1690. The van der Waals surface area contributed by atoms with Crippen LogP contribution in [-0.2, 0) is 23.2 Å². The minimum atomic E-state index is -4.77. The molecule has 0 saturated carbocycles. The quantitative estimate of drug-likeness (QED) is 0.143. The molecular formula is C31H37F3N4O4S. The van der Waals surface area contributed by atoms with E-state index in [-0.39, 0.29) is 12.2 Å². The van der Waals surface area contributed by atoms with Gasteiger partial charge in [0.05, 0.1) is 34.6 Å². The minimum Gasteiger partial charge on any atom is -0.748 e. The van der Waals surface area contributed by atoms with E-state index in [2.05, 4.69) is 15.4 Å². The van der Waals surface area contributed by atoms with Gasteiger partial charge in [0.2, 0.25) is 0 Å². The summed E-state index contributed by atoms with van der Waals surface area (Å²) in [7, 11) is -4.32. The van der Waals surface area contributed by atoms with E-state index in [9.17, 15) is 26.1 Å². The zero-order valence-corrected chi connectivity index (χ0v) is 25.8. The number of halogens is 3. The molecule has 1 aliphatic rings. The number of benzene rings is 2. The van der Waals surface area contributed by atoms with E-state index in [4.69, 9.17) is 0 Å². The van der Waals surface area contributed by atoms with Crippen molar-refractivity contribution in [3.8, 4) is 5.75 Å². The molecule has 0 spiro atoms. The normalized spacial score (nSPS) is 15.4. The molecule has 0 atom stereocenters. The van der Waals surface area contributed by atoms with E-state index < -0.39 is 22.2 Å². The maximum atomic E-state index is 12.8. The van der Waals surface area contributed by atoms with Crippen LogP contribution in [0.5, 0.6) is 5.75 Å². The molecular weight excluding hydrogens is 581 g/mol. The second kappa shape index (κ2) is 12.8. The van der Waals surface area contributed by atoms with Crippen molar-refractivity contribution in [3.63, 3.8) is 0 Å². The van der Waals surface area contributed by atoms with Gasteiger partial charge in [-0.25, -0.2) is 17.6 Å². The van der Waals surface area contributed by atoms with Gasteiger partial charge < -0.3 is 19.1 Å². The first-order valence-electron chi connectivity index (χ1n) is 14.2. The van der Waals surface area contributed by atoms with Crippen LogP contribution in [0.4, 0.5) is 24.5 Å². The monoisotopic (exact) mass is 618 g/mol. The van der Waals surface area contributed by atoms with Crippen molar-refractivity contribution in [2.75, 3.05) is 28.6 Å². The summed E-state index contributed by atoms with van der Waals surface area (Å²) in [5.41, 5.74) is 5.41. The van der Waals surface area contributed by atoms with Crippen molar-refractivity contribution in [1.82, 2.24) is 4.57 Å². The van der Waals surface area contributed by atoms with Gasteiger partial charge in [-0.15, -0.1) is 13.2 Å². The summed E-state index contributed by atoms with van der Waals surface area (Å²) < 4.78 is 80.7. The number of fused-ring (bicyclic) bond motifs is 2. The van der Waals surface area contributed by atoms with Gasteiger partial charge in [0.1, 0.15) is 11.6 Å². The predicted octanol–water partition coefficient (Wildman–Crippen LogP) is 6.26. The Morgan fingerprint density at radius 1 is 1.05 bits per heavy atom. The molecule has 1 aromatic heterocycles. The molecule has 0 amide bonds. The molecule has 0 saturated heterocycles. The lowest BCUT2D eigenvalue weighted by atomic mass is 10.2. The number of anilines is 2. The maximum absolute atomic E-state index is 12.8. The second-order valence-corrected chi connectivity index (χ2v) is 11.8. The Kier molecular flexibility index (Phi) is 9.60. The van der Waals surface area contributed by atoms with Crippen molar-refractivity contribution in [3.05, 3.63) is 77.4 Å². The van der Waals surface area contributed by atoms with Crippen LogP contribution in [0.15, 0.2) is 66.0 Å². The number of hydrogen-bond acceptors (Lipinski definition) is 6. The molecule has 0 unspecified atom stereocenters. The summed E-state index contributed by atoms with van der Waals surface area (Å²) >= 11 is 0. The molecule has 2 aromatic carbocycles. The number of allylic oxidation sites excluding steroid dienone is 4. The van der Waals surface area contributed by atoms with Crippen LogP contribution in [0.3, 0.4) is 0 Å². The fourth-order valence-electron chi connectivity index (χ4n) is 5.47. The van der Waals surface area contributed by atoms with Crippen LogP contribution < -0.4 is 19.1 Å². The average molecular weight is 619 g/mol. The molecule has 0 fully saturated rings. The van der Waals surface area contributed by atoms with Gasteiger partial charge in [-0.3, -0.25) is 0 Å². The van der Waals surface area contributed by atoms with Gasteiger partial charge in [-0.05, 0) is 76.9 Å². The van der Waals surface area contributed by atoms with Crippen LogP contribution in [0, 0.1) is 6.92 Å². The standard InChI is InChI=1S/C31H37F3N4O4S/c1-6-35-26-15-13-24(42-31(32,33)34)21-28(26)37(8-3)29(35)16-11-22(4)12-17-30-36(7-2)25-14-10-23(5)20-27(25)38(30)18-9-19-43(39,40)41/h10-17,20-21H,6-9,18-19H2,1-5H3. The Morgan fingerprint density at radius 3 is 2.37 bits per heavy atom. The number of aromatic nitrogens is 2. The largest absolute Gasteiger partial charge is 0.748 e. The van der Waals surface area contributed by atoms with E-state index in [1.807, 2.05) is 85.4 Å². The fraction of sp³-hybridized carbons (Fsp3) is 0.387. The number of ether oxygens (including phenoxy) is 1. The SMILES string of the molecule is CCN1\C(=C/C=C(C)\C=C\c2n(CCCS(=O)(=O)[O-])c3cc(C)ccc3[n+]2CC)N(CC)c2cc(OC(F)(F)F)ccc21. The summed E-state index contributed by atoms with van der Waals surface area (Å²) in [6.45, 7) is 12.1. The predicted molar refractivity (Wildman–Crippen MR) is 162 cm³/mol. The molecule has 2 heterocycles. The van der Waals surface area contributed by atoms with Crippen molar-refractivity contribution in [2.45, 2.75) is 60.5 Å². The molecule has 0 aliphatic carbocycles. The molecule has 3 aromatic rings. The van der Waals surface area contributed by atoms with Gasteiger partial charge in [0, 0.05) is 31.0 Å². The van der Waals surface area contributed by atoms with Gasteiger partial charge in [-0.1, -0.05) is 23.8 Å². The molecule has 0 bridgehead atoms. The lowest BCUT2D eigenvalue weighted by Gasteiger charge is -2.23. The summed E-state index contributed by atoms with van der Waals surface area (Å²) in [6, 6.07) is 10.5. The molecule has 0 N–H and O–H groups in total. The smallest absolute Gasteiger partial charge is 0.573 e. The van der Waals surface area contributed by atoms with Crippen molar-refractivity contribution in [2.24, 2.45) is 0 Å². The van der Waals surface area contributed by atoms with Crippen LogP contribution in [0.1, 0.15) is 45.5 Å². The summed E-state index contributed by atoms with van der Waals surface area (Å²) in [6.07, 6.45) is 3.28. The number of rotatable bonds is 11. The average Bonchev–Trinajstić information content (AvgIpc) is 3.38. The zero-order valence-electron chi connectivity index (χ0n) is 25.0. The summed E-state index contributed by atoms with van der Waals surface area (Å²) in [4.78, 5) is 3.99. The number of nitrogens with zero attached hydrogens (tertiary/aromatic N) is 4. The van der Waals surface area contributed by atoms with Crippen LogP contribution in [0.2, 0.25) is 0 Å². The molecule has 43 heavy (non-hydrogen) atoms. The van der Waals surface area contributed by atoms with Gasteiger partial charge in [0.15, 0.2) is 11.0 Å². The first kappa shape index (κ1) is 32.2. The Morgan fingerprint density at radius 2 is 1.74 bits per heavy atom. The third-order valence-corrected chi connectivity index (χ3v) is 8.08. The zero-order chi connectivity index (χ0) is 31.5. The van der Waals surface area contributed by atoms with Crippen LogP contribution >= 0.6 is 0 Å². The van der Waals surface area contributed by atoms with E-state index in [0.717, 1.165) is 39.5 Å². The molecule has 4 rings (SSSR count). The molecule has 232 valence electrons. The lowest BCUT2D eigenvalue weighted by Crippen LogP contribution is -2.35. The number of hydrogen-bond donors (Lipinski definition) is 0. The van der Waals surface area contributed by atoms with Crippen molar-refractivity contribution >= 4 is 38.6 Å². The fourth-order valence-corrected chi connectivity index (χ4v) is 5.95. The van der Waals surface area contributed by atoms with Crippen molar-refractivity contribution in [1.29, 1.82) is 0 Å². The highest BCUT2D eigenvalue weighted by Crippen LogP contribution is 2.44. The third-order valence-electron chi connectivity index (χ3n) is 7.30. The Balaban J connectivity index is 1.68. The van der Waals surface area contributed by atoms with Crippen molar-refractivity contribution < 1.29 is 35.4 Å². The van der Waals surface area contributed by atoms with E-state index >= 15 is 0 Å². The second-order valence-electron chi connectivity index (χ2n) is 10.3. The Hall–Kier alpha value is -3.77. The van der Waals surface area contributed by atoms with Gasteiger partial charge in [-0.2, -0.15) is 0 Å². The van der Waals surface area contributed by atoms with Gasteiger partial charge >= 0.3 is 6.36 Å². The number of alkyl halides is 3. The number of imidazole rings is 1. The maximum Gasteiger partial charge on any atom is 0.573 e. The first-order valence-corrected chi connectivity index (χ1v) is 15.8. The van der Waals surface area contributed by atoms with E-state index in [1.165, 1.54) is 12.1 Å². The topological polar surface area (TPSA) is 81.7 Å². The molecule has 0 radical (unpaired) electrons. The molecule has 12 heteroatoms.